The van der Waals surface area contributed by atoms with Crippen molar-refractivity contribution in [2.24, 2.45) is 0 Å². The van der Waals surface area contributed by atoms with Crippen molar-refractivity contribution in [3.05, 3.63) is 88.9 Å². The number of benzene rings is 3. The molecular formula is C20H15Cl2NO2. The van der Waals surface area contributed by atoms with Crippen molar-refractivity contribution in [2.75, 3.05) is 11.5 Å². The molecule has 0 aromatic heterocycles. The number of halogens is 2. The van der Waals surface area contributed by atoms with Crippen LogP contribution in [0.1, 0.15) is 0 Å². The van der Waals surface area contributed by atoms with Crippen LogP contribution in [0.5, 0.6) is 5.75 Å². The van der Waals surface area contributed by atoms with Crippen molar-refractivity contribution < 1.29 is 9.53 Å². The molecule has 1 amide bonds. The third-order valence-electron chi connectivity index (χ3n) is 3.52. The van der Waals surface area contributed by atoms with Gasteiger partial charge in [0.05, 0.1) is 5.02 Å². The molecule has 126 valence electrons. The van der Waals surface area contributed by atoms with Gasteiger partial charge >= 0.3 is 0 Å². The second-order valence-electron chi connectivity index (χ2n) is 5.26. The number of anilines is 2. The second-order valence-corrected chi connectivity index (χ2v) is 6.11. The summed E-state index contributed by atoms with van der Waals surface area (Å²) in [6.45, 7) is -0.148. The zero-order chi connectivity index (χ0) is 17.6. The van der Waals surface area contributed by atoms with Gasteiger partial charge in [0.25, 0.3) is 5.91 Å². The monoisotopic (exact) mass is 371 g/mol. The molecule has 0 heterocycles. The van der Waals surface area contributed by atoms with Gasteiger partial charge in [0.1, 0.15) is 5.75 Å². The highest BCUT2D eigenvalue weighted by atomic mass is 35.5. The summed E-state index contributed by atoms with van der Waals surface area (Å²) in [7, 11) is 0. The van der Waals surface area contributed by atoms with E-state index in [-0.39, 0.29) is 12.5 Å². The minimum atomic E-state index is -0.205. The lowest BCUT2D eigenvalue weighted by Crippen LogP contribution is -2.30. The quantitative estimate of drug-likeness (QED) is 0.572. The molecule has 0 saturated heterocycles. The number of rotatable bonds is 5. The first-order chi connectivity index (χ1) is 12.1. The average Bonchev–Trinajstić information content (AvgIpc) is 2.63. The summed E-state index contributed by atoms with van der Waals surface area (Å²) >= 11 is 12.0. The Morgan fingerprint density at radius 2 is 1.40 bits per heavy atom. The predicted octanol–water partition coefficient (Wildman–Crippen LogP) is 5.74. The van der Waals surface area contributed by atoms with Gasteiger partial charge in [-0.25, -0.2) is 0 Å². The lowest BCUT2D eigenvalue weighted by molar-refractivity contribution is -0.119. The van der Waals surface area contributed by atoms with E-state index < -0.39 is 0 Å². The maximum Gasteiger partial charge on any atom is 0.269 e. The Balaban J connectivity index is 1.82. The molecule has 0 atom stereocenters. The molecule has 0 radical (unpaired) electrons. The van der Waals surface area contributed by atoms with E-state index >= 15 is 0 Å². The van der Waals surface area contributed by atoms with Crippen LogP contribution < -0.4 is 9.64 Å². The predicted molar refractivity (Wildman–Crippen MR) is 102 cm³/mol. The van der Waals surface area contributed by atoms with Crippen LogP contribution >= 0.6 is 23.2 Å². The van der Waals surface area contributed by atoms with Crippen LogP contribution in [0.15, 0.2) is 78.9 Å². The molecule has 0 fully saturated rings. The zero-order valence-corrected chi connectivity index (χ0v) is 14.7. The fourth-order valence-electron chi connectivity index (χ4n) is 2.39. The third kappa shape index (κ3) is 4.32. The largest absolute Gasteiger partial charge is 0.482 e. The maximum atomic E-state index is 12.8. The van der Waals surface area contributed by atoms with Gasteiger partial charge in [-0.05, 0) is 42.5 Å². The summed E-state index contributed by atoms with van der Waals surface area (Å²) in [6, 6.07) is 23.7. The molecule has 0 bridgehead atoms. The Hall–Kier alpha value is -2.49. The van der Waals surface area contributed by atoms with Crippen LogP contribution in [0.4, 0.5) is 11.4 Å². The van der Waals surface area contributed by atoms with Gasteiger partial charge < -0.3 is 4.74 Å². The number of ether oxygens (including phenoxy) is 1. The van der Waals surface area contributed by atoms with Crippen molar-refractivity contribution >= 4 is 40.5 Å². The summed E-state index contributed by atoms with van der Waals surface area (Å²) in [4.78, 5) is 14.4. The number of nitrogens with zero attached hydrogens (tertiary/aromatic N) is 1. The van der Waals surface area contributed by atoms with Gasteiger partial charge in [0.2, 0.25) is 0 Å². The second kappa shape index (κ2) is 8.06. The lowest BCUT2D eigenvalue weighted by atomic mass is 10.2. The molecule has 3 nitrogen and oxygen atoms in total. The van der Waals surface area contributed by atoms with Crippen LogP contribution in [0, 0.1) is 0 Å². The first-order valence-corrected chi connectivity index (χ1v) is 8.41. The van der Waals surface area contributed by atoms with E-state index in [4.69, 9.17) is 27.9 Å². The maximum absolute atomic E-state index is 12.8. The van der Waals surface area contributed by atoms with Gasteiger partial charge in [-0.2, -0.15) is 0 Å². The highest BCUT2D eigenvalue weighted by Gasteiger charge is 2.18. The fourth-order valence-corrected chi connectivity index (χ4v) is 2.85. The van der Waals surface area contributed by atoms with Gasteiger partial charge in [0, 0.05) is 16.4 Å². The van der Waals surface area contributed by atoms with Gasteiger partial charge in [-0.1, -0.05) is 59.6 Å². The smallest absolute Gasteiger partial charge is 0.269 e. The summed E-state index contributed by atoms with van der Waals surface area (Å²) in [5, 5.41) is 0.880. The molecule has 0 N–H and O–H groups in total. The number of para-hydroxylation sites is 2. The Kier molecular flexibility index (Phi) is 5.59. The minimum Gasteiger partial charge on any atom is -0.482 e. The van der Waals surface area contributed by atoms with E-state index in [2.05, 4.69) is 0 Å². The molecule has 0 spiro atoms. The van der Waals surface area contributed by atoms with Crippen LogP contribution in [-0.2, 0) is 4.79 Å². The van der Waals surface area contributed by atoms with Gasteiger partial charge in [-0.3, -0.25) is 9.69 Å². The highest BCUT2D eigenvalue weighted by Crippen LogP contribution is 2.29. The summed E-state index contributed by atoms with van der Waals surface area (Å²) in [5.41, 5.74) is 1.54. The molecule has 0 unspecified atom stereocenters. The van der Waals surface area contributed by atoms with Gasteiger partial charge in [0.15, 0.2) is 6.61 Å². The number of hydrogen-bond donors (Lipinski definition) is 0. The first kappa shape index (κ1) is 17.3. The minimum absolute atomic E-state index is 0.148. The number of amides is 1. The Morgan fingerprint density at radius 3 is 1.92 bits per heavy atom. The molecule has 3 aromatic carbocycles. The van der Waals surface area contributed by atoms with E-state index in [1.165, 1.54) is 0 Å². The summed E-state index contributed by atoms with van der Waals surface area (Å²) in [6.07, 6.45) is 0. The SMILES string of the molecule is O=C(COc1ccc(Cl)cc1Cl)N(c1ccccc1)c1ccccc1. The van der Waals surface area contributed by atoms with Crippen molar-refractivity contribution in [3.63, 3.8) is 0 Å². The van der Waals surface area contributed by atoms with E-state index in [9.17, 15) is 4.79 Å². The molecule has 3 rings (SSSR count). The molecule has 0 aliphatic rings. The average molecular weight is 372 g/mol. The molecular weight excluding hydrogens is 357 g/mol. The standard InChI is InChI=1S/C20H15Cl2NO2/c21-15-11-12-19(18(22)13-15)25-14-20(24)23(16-7-3-1-4-8-16)17-9-5-2-6-10-17/h1-13H,14H2. The Bertz CT molecular complexity index is 815. The van der Waals surface area contributed by atoms with E-state index in [1.807, 2.05) is 60.7 Å². The topological polar surface area (TPSA) is 29.5 Å². The summed E-state index contributed by atoms with van der Waals surface area (Å²) < 4.78 is 5.60. The van der Waals surface area contributed by atoms with Crippen LogP contribution in [0.2, 0.25) is 10.0 Å². The zero-order valence-electron chi connectivity index (χ0n) is 13.2. The first-order valence-electron chi connectivity index (χ1n) is 7.66. The van der Waals surface area contributed by atoms with E-state index in [0.717, 1.165) is 11.4 Å². The van der Waals surface area contributed by atoms with E-state index in [0.29, 0.717) is 15.8 Å². The molecule has 0 saturated carbocycles. The van der Waals surface area contributed by atoms with Crippen molar-refractivity contribution in [2.45, 2.75) is 0 Å². The fraction of sp³-hybridized carbons (Fsp3) is 0.0500. The number of carbonyl (C=O) groups excluding carboxylic acids is 1. The molecule has 0 aliphatic heterocycles. The third-order valence-corrected chi connectivity index (χ3v) is 4.05. The Labute approximate surface area is 156 Å². The summed E-state index contributed by atoms with van der Waals surface area (Å²) in [5.74, 6) is 0.212. The van der Waals surface area contributed by atoms with Crippen molar-refractivity contribution in [1.29, 1.82) is 0 Å². The Morgan fingerprint density at radius 1 is 0.840 bits per heavy atom. The van der Waals surface area contributed by atoms with Crippen LogP contribution in [0.3, 0.4) is 0 Å². The van der Waals surface area contributed by atoms with Crippen molar-refractivity contribution in [3.8, 4) is 5.75 Å². The van der Waals surface area contributed by atoms with Crippen LogP contribution in [0.25, 0.3) is 0 Å². The number of carbonyl (C=O) groups is 1. The lowest BCUT2D eigenvalue weighted by Gasteiger charge is -2.23. The molecule has 5 heteroatoms. The van der Waals surface area contributed by atoms with E-state index in [1.54, 1.807) is 23.1 Å². The molecule has 3 aromatic rings. The number of hydrogen-bond acceptors (Lipinski definition) is 2. The van der Waals surface area contributed by atoms with Crippen molar-refractivity contribution in [1.82, 2.24) is 0 Å². The highest BCUT2D eigenvalue weighted by molar-refractivity contribution is 6.35. The normalized spacial score (nSPS) is 10.3. The molecule has 0 aliphatic carbocycles. The van der Waals surface area contributed by atoms with Crippen LogP contribution in [-0.4, -0.2) is 12.5 Å². The van der Waals surface area contributed by atoms with Gasteiger partial charge in [-0.15, -0.1) is 0 Å². The molecule has 25 heavy (non-hydrogen) atoms.